The normalized spacial score (nSPS) is 12.8. The van der Waals surface area contributed by atoms with E-state index in [-0.39, 0.29) is 12.4 Å². The van der Waals surface area contributed by atoms with Crippen LogP contribution in [-0.2, 0) is 16.1 Å². The monoisotopic (exact) mass is 399 g/mol. The van der Waals surface area contributed by atoms with Gasteiger partial charge in [-0.15, -0.1) is 0 Å². The molecule has 0 N–H and O–H groups in total. The zero-order valence-corrected chi connectivity index (χ0v) is 17.1. The van der Waals surface area contributed by atoms with E-state index in [9.17, 15) is 9.59 Å². The van der Waals surface area contributed by atoms with Crippen molar-refractivity contribution < 1.29 is 28.5 Å². The molecule has 1 aliphatic heterocycles. The summed E-state index contributed by atoms with van der Waals surface area (Å²) in [6.45, 7) is 7.25. The number of Topliss-reactive ketones (excluding diaryl/α,β-unsaturated/α-hetero) is 1. The highest BCUT2D eigenvalue weighted by Crippen LogP contribution is 2.40. The predicted molar refractivity (Wildman–Crippen MR) is 108 cm³/mol. The van der Waals surface area contributed by atoms with Crippen molar-refractivity contribution in [3.05, 3.63) is 46.8 Å². The smallest absolute Gasteiger partial charge is 0.331 e. The van der Waals surface area contributed by atoms with Crippen LogP contribution in [0, 0.1) is 13.8 Å². The molecule has 3 rings (SSSR count). The van der Waals surface area contributed by atoms with Crippen LogP contribution >= 0.6 is 0 Å². The second-order valence-electron chi connectivity index (χ2n) is 6.64. The summed E-state index contributed by atoms with van der Waals surface area (Å²) in [5.74, 6) is 0.813. The van der Waals surface area contributed by atoms with Crippen molar-refractivity contribution in [2.75, 3.05) is 26.9 Å². The highest BCUT2D eigenvalue weighted by atomic mass is 16.6. The van der Waals surface area contributed by atoms with Crippen LogP contribution < -0.4 is 14.2 Å². The van der Waals surface area contributed by atoms with Gasteiger partial charge in [0.1, 0.15) is 13.2 Å². The van der Waals surface area contributed by atoms with E-state index in [0.29, 0.717) is 41.6 Å². The molecule has 29 heavy (non-hydrogen) atoms. The van der Waals surface area contributed by atoms with Gasteiger partial charge in [-0.1, -0.05) is 0 Å². The standard InChI is InChI=1S/C22H25NO6/c1-5-23-14(2)10-17(15(23)3)18(24)13-29-21(25)7-6-16-11-19(26-4)22-20(12-16)27-8-9-28-22/h6-7,10-12H,5,8-9,13H2,1-4H3/b7-6+. The van der Waals surface area contributed by atoms with Crippen LogP contribution in [0.5, 0.6) is 17.2 Å². The molecule has 0 radical (unpaired) electrons. The summed E-state index contributed by atoms with van der Waals surface area (Å²) in [6, 6.07) is 5.32. The van der Waals surface area contributed by atoms with Crippen LogP contribution in [-0.4, -0.2) is 43.3 Å². The lowest BCUT2D eigenvalue weighted by Crippen LogP contribution is -2.16. The number of esters is 1. The Hall–Kier alpha value is -3.22. The third kappa shape index (κ3) is 4.45. The lowest BCUT2D eigenvalue weighted by molar-refractivity contribution is -0.136. The summed E-state index contributed by atoms with van der Waals surface area (Å²) < 4.78 is 23.6. The van der Waals surface area contributed by atoms with E-state index in [2.05, 4.69) is 0 Å². The van der Waals surface area contributed by atoms with Gasteiger partial charge in [0, 0.05) is 29.6 Å². The Kier molecular flexibility index (Phi) is 6.26. The van der Waals surface area contributed by atoms with Gasteiger partial charge < -0.3 is 23.5 Å². The van der Waals surface area contributed by atoms with E-state index in [4.69, 9.17) is 18.9 Å². The van der Waals surface area contributed by atoms with Crippen LogP contribution in [0.15, 0.2) is 24.3 Å². The van der Waals surface area contributed by atoms with Gasteiger partial charge in [0.25, 0.3) is 0 Å². The zero-order chi connectivity index (χ0) is 21.0. The second kappa shape index (κ2) is 8.86. The molecule has 154 valence electrons. The number of ketones is 1. The molecule has 7 heteroatoms. The maximum Gasteiger partial charge on any atom is 0.331 e. The minimum absolute atomic E-state index is 0.222. The summed E-state index contributed by atoms with van der Waals surface area (Å²) in [6.07, 6.45) is 2.85. The number of ether oxygens (including phenoxy) is 4. The van der Waals surface area contributed by atoms with Crippen LogP contribution in [0.2, 0.25) is 0 Å². The highest BCUT2D eigenvalue weighted by molar-refractivity contribution is 6.00. The quantitative estimate of drug-likeness (QED) is 0.404. The van der Waals surface area contributed by atoms with Crippen molar-refractivity contribution in [3.63, 3.8) is 0 Å². The van der Waals surface area contributed by atoms with Crippen molar-refractivity contribution in [2.45, 2.75) is 27.3 Å². The van der Waals surface area contributed by atoms with Gasteiger partial charge >= 0.3 is 5.97 Å². The molecule has 2 aromatic rings. The van der Waals surface area contributed by atoms with Crippen molar-refractivity contribution in [3.8, 4) is 17.2 Å². The number of hydrogen-bond donors (Lipinski definition) is 0. The van der Waals surface area contributed by atoms with E-state index in [1.54, 1.807) is 18.2 Å². The molecule has 2 heterocycles. The third-order valence-electron chi connectivity index (χ3n) is 4.80. The van der Waals surface area contributed by atoms with Crippen LogP contribution in [0.4, 0.5) is 0 Å². The zero-order valence-electron chi connectivity index (χ0n) is 17.1. The van der Waals surface area contributed by atoms with Gasteiger partial charge in [-0.2, -0.15) is 0 Å². The topological polar surface area (TPSA) is 76.0 Å². The Morgan fingerprint density at radius 2 is 1.93 bits per heavy atom. The number of nitrogens with zero attached hydrogens (tertiary/aromatic N) is 1. The molecule has 0 spiro atoms. The summed E-state index contributed by atoms with van der Waals surface area (Å²) in [4.78, 5) is 24.5. The van der Waals surface area contributed by atoms with Crippen LogP contribution in [0.3, 0.4) is 0 Å². The number of carbonyl (C=O) groups is 2. The SMILES string of the molecule is CCn1c(C)cc(C(=O)COC(=O)/C=C/c2cc(OC)c3c(c2)OCCO3)c1C. The van der Waals surface area contributed by atoms with E-state index in [1.807, 2.05) is 31.4 Å². The van der Waals surface area contributed by atoms with Gasteiger partial charge in [0.15, 0.2) is 18.1 Å². The van der Waals surface area contributed by atoms with Crippen LogP contribution in [0.1, 0.15) is 34.2 Å². The Morgan fingerprint density at radius 1 is 1.17 bits per heavy atom. The molecule has 0 fully saturated rings. The molecular formula is C22H25NO6. The average molecular weight is 399 g/mol. The molecule has 1 aromatic heterocycles. The summed E-state index contributed by atoms with van der Waals surface area (Å²) in [5, 5.41) is 0. The number of carbonyl (C=O) groups excluding carboxylic acids is 2. The number of aromatic nitrogens is 1. The first-order valence-electron chi connectivity index (χ1n) is 9.47. The van der Waals surface area contributed by atoms with E-state index >= 15 is 0 Å². The predicted octanol–water partition coefficient (Wildman–Crippen LogP) is 3.34. The van der Waals surface area contributed by atoms with Gasteiger partial charge in [-0.25, -0.2) is 4.79 Å². The Balaban J connectivity index is 1.64. The molecule has 1 aliphatic rings. The van der Waals surface area contributed by atoms with E-state index < -0.39 is 5.97 Å². The number of fused-ring (bicyclic) bond motifs is 1. The second-order valence-corrected chi connectivity index (χ2v) is 6.64. The molecule has 1 aromatic carbocycles. The third-order valence-corrected chi connectivity index (χ3v) is 4.80. The summed E-state index contributed by atoms with van der Waals surface area (Å²) in [5.41, 5.74) is 3.16. The van der Waals surface area contributed by atoms with Gasteiger partial charge in [0.2, 0.25) is 11.5 Å². The maximum absolute atomic E-state index is 12.4. The molecule has 0 saturated heterocycles. The molecule has 0 aliphatic carbocycles. The van der Waals surface area contributed by atoms with Gasteiger partial charge in [-0.3, -0.25) is 4.79 Å². The number of benzene rings is 1. The molecule has 7 nitrogen and oxygen atoms in total. The van der Waals surface area contributed by atoms with Gasteiger partial charge in [0.05, 0.1) is 7.11 Å². The van der Waals surface area contributed by atoms with E-state index in [1.165, 1.54) is 13.2 Å². The largest absolute Gasteiger partial charge is 0.493 e. The number of aryl methyl sites for hydroxylation is 1. The molecule has 0 saturated carbocycles. The fraction of sp³-hybridized carbons (Fsp3) is 0.364. The number of rotatable bonds is 7. The summed E-state index contributed by atoms with van der Waals surface area (Å²) >= 11 is 0. The minimum atomic E-state index is -0.600. The Labute approximate surface area is 169 Å². The first-order valence-corrected chi connectivity index (χ1v) is 9.47. The van der Waals surface area contributed by atoms with Gasteiger partial charge in [-0.05, 0) is 50.6 Å². The van der Waals surface area contributed by atoms with Crippen molar-refractivity contribution in [1.82, 2.24) is 4.57 Å². The van der Waals surface area contributed by atoms with E-state index in [0.717, 1.165) is 17.9 Å². The lowest BCUT2D eigenvalue weighted by Gasteiger charge is -2.20. The summed E-state index contributed by atoms with van der Waals surface area (Å²) in [7, 11) is 1.54. The number of hydrogen-bond acceptors (Lipinski definition) is 6. The van der Waals surface area contributed by atoms with Crippen molar-refractivity contribution in [1.29, 1.82) is 0 Å². The molecule has 0 atom stereocenters. The highest BCUT2D eigenvalue weighted by Gasteiger charge is 2.18. The minimum Gasteiger partial charge on any atom is -0.493 e. The number of methoxy groups -OCH3 is 1. The van der Waals surface area contributed by atoms with Crippen molar-refractivity contribution >= 4 is 17.8 Å². The average Bonchev–Trinajstić information content (AvgIpc) is 3.02. The molecule has 0 bridgehead atoms. The fourth-order valence-corrected chi connectivity index (χ4v) is 3.39. The Bertz CT molecular complexity index is 939. The maximum atomic E-state index is 12.4. The fourth-order valence-electron chi connectivity index (χ4n) is 3.39. The Morgan fingerprint density at radius 3 is 2.62 bits per heavy atom. The molecular weight excluding hydrogens is 374 g/mol. The first kappa shape index (κ1) is 20.5. The first-order chi connectivity index (χ1) is 13.9. The lowest BCUT2D eigenvalue weighted by atomic mass is 10.1. The molecule has 0 unspecified atom stereocenters. The van der Waals surface area contributed by atoms with Crippen LogP contribution in [0.25, 0.3) is 6.08 Å². The molecule has 0 amide bonds. The van der Waals surface area contributed by atoms with Crippen molar-refractivity contribution in [2.24, 2.45) is 0 Å².